The van der Waals surface area contributed by atoms with Gasteiger partial charge < -0.3 is 9.13 Å². The second-order valence-corrected chi connectivity index (χ2v) is 16.8. The van der Waals surface area contributed by atoms with Crippen molar-refractivity contribution in [1.82, 2.24) is 9.13 Å². The molecule has 0 atom stereocenters. The Balaban J connectivity index is 0.967. The van der Waals surface area contributed by atoms with Gasteiger partial charge in [0, 0.05) is 47.9 Å². The SMILES string of the molecule is CC1(C)c2ccccc2-c2ccc(-n3c4ccccc4c4cc(-c5ccc6c(c5)c5ccccc5n6-c5ccc(-c6cc7ccccc7s6)cc5)ccc43)cc21. The van der Waals surface area contributed by atoms with Crippen LogP contribution >= 0.6 is 11.3 Å². The summed E-state index contributed by atoms with van der Waals surface area (Å²) in [4.78, 5) is 1.30. The van der Waals surface area contributed by atoms with E-state index in [1.807, 2.05) is 11.3 Å². The molecule has 0 aliphatic heterocycles. The van der Waals surface area contributed by atoms with Crippen LogP contribution in [0.2, 0.25) is 0 Å². The van der Waals surface area contributed by atoms with Gasteiger partial charge in [-0.05, 0) is 117 Å². The minimum absolute atomic E-state index is 0.0568. The predicted octanol–water partition coefficient (Wildman–Crippen LogP) is 14.7. The van der Waals surface area contributed by atoms with Crippen LogP contribution in [0.3, 0.4) is 0 Å². The number of para-hydroxylation sites is 2. The molecule has 0 radical (unpaired) electrons. The number of fused-ring (bicyclic) bond motifs is 10. The summed E-state index contributed by atoms with van der Waals surface area (Å²) in [7, 11) is 0. The summed E-state index contributed by atoms with van der Waals surface area (Å²) in [6.45, 7) is 4.72. The lowest BCUT2D eigenvalue weighted by atomic mass is 9.82. The maximum Gasteiger partial charge on any atom is 0.0541 e. The van der Waals surface area contributed by atoms with Crippen LogP contribution in [0.4, 0.5) is 0 Å². The first-order valence-corrected chi connectivity index (χ1v) is 20.2. The molecule has 264 valence electrons. The number of benzene rings is 8. The Kier molecular flexibility index (Phi) is 6.59. The van der Waals surface area contributed by atoms with E-state index in [1.165, 1.54) is 109 Å². The fourth-order valence-electron chi connectivity index (χ4n) is 9.59. The molecule has 0 saturated heterocycles. The van der Waals surface area contributed by atoms with Crippen molar-refractivity contribution < 1.29 is 0 Å². The molecule has 8 aromatic carbocycles. The Morgan fingerprint density at radius 2 is 0.929 bits per heavy atom. The fraction of sp³-hybridized carbons (Fsp3) is 0.0566. The summed E-state index contributed by atoms with van der Waals surface area (Å²) in [6, 6.07) is 67.6. The van der Waals surface area contributed by atoms with Gasteiger partial charge in [-0.1, -0.05) is 123 Å². The van der Waals surface area contributed by atoms with Crippen LogP contribution in [0.5, 0.6) is 0 Å². The van der Waals surface area contributed by atoms with Gasteiger partial charge in [0.1, 0.15) is 0 Å². The summed E-state index contributed by atoms with van der Waals surface area (Å²) in [6.07, 6.45) is 0. The Bertz CT molecular complexity index is 3350. The van der Waals surface area contributed by atoms with Crippen molar-refractivity contribution in [1.29, 1.82) is 0 Å². The summed E-state index contributed by atoms with van der Waals surface area (Å²) >= 11 is 1.85. The molecule has 12 rings (SSSR count). The third-order valence-electron chi connectivity index (χ3n) is 12.3. The second-order valence-electron chi connectivity index (χ2n) is 15.8. The molecule has 3 aromatic heterocycles. The highest BCUT2D eigenvalue weighted by Crippen LogP contribution is 2.49. The number of thiophene rings is 1. The third kappa shape index (κ3) is 4.49. The van der Waals surface area contributed by atoms with Gasteiger partial charge in [-0.3, -0.25) is 0 Å². The van der Waals surface area contributed by atoms with E-state index in [9.17, 15) is 0 Å². The normalized spacial score (nSPS) is 13.3. The van der Waals surface area contributed by atoms with E-state index in [4.69, 9.17) is 0 Å². The number of rotatable bonds is 4. The van der Waals surface area contributed by atoms with Gasteiger partial charge in [0.25, 0.3) is 0 Å². The lowest BCUT2D eigenvalue weighted by Crippen LogP contribution is -2.15. The molecule has 56 heavy (non-hydrogen) atoms. The zero-order chi connectivity index (χ0) is 37.1. The fourth-order valence-corrected chi connectivity index (χ4v) is 10.7. The maximum absolute atomic E-state index is 2.46. The van der Waals surface area contributed by atoms with Crippen molar-refractivity contribution in [3.05, 3.63) is 193 Å². The molecular weight excluding hydrogens is 697 g/mol. The molecule has 2 nitrogen and oxygen atoms in total. The summed E-state index contributed by atoms with van der Waals surface area (Å²) in [5.41, 5.74) is 16.4. The van der Waals surface area contributed by atoms with Gasteiger partial charge in [0.2, 0.25) is 0 Å². The van der Waals surface area contributed by atoms with Crippen LogP contribution < -0.4 is 0 Å². The number of hydrogen-bond donors (Lipinski definition) is 0. The van der Waals surface area contributed by atoms with Crippen molar-refractivity contribution in [2.75, 3.05) is 0 Å². The monoisotopic (exact) mass is 732 g/mol. The van der Waals surface area contributed by atoms with Crippen molar-refractivity contribution in [2.45, 2.75) is 19.3 Å². The molecule has 0 amide bonds. The summed E-state index contributed by atoms with van der Waals surface area (Å²) in [5.74, 6) is 0. The molecular formula is C53H36N2S. The van der Waals surface area contributed by atoms with Gasteiger partial charge in [-0.2, -0.15) is 0 Å². The van der Waals surface area contributed by atoms with Crippen molar-refractivity contribution in [3.63, 3.8) is 0 Å². The molecule has 0 spiro atoms. The highest BCUT2D eigenvalue weighted by atomic mass is 32.1. The molecule has 0 N–H and O–H groups in total. The Morgan fingerprint density at radius 3 is 1.62 bits per heavy atom. The topological polar surface area (TPSA) is 9.86 Å². The average Bonchev–Trinajstić information content (AvgIpc) is 3.98. The lowest BCUT2D eigenvalue weighted by Gasteiger charge is -2.22. The quantitative estimate of drug-likeness (QED) is 0.170. The smallest absolute Gasteiger partial charge is 0.0541 e. The van der Waals surface area contributed by atoms with E-state index in [0.717, 1.165) is 0 Å². The molecule has 1 aliphatic rings. The Labute approximate surface area is 329 Å². The number of hydrogen-bond acceptors (Lipinski definition) is 1. The summed E-state index contributed by atoms with van der Waals surface area (Å²) in [5, 5.41) is 6.36. The number of nitrogens with zero attached hydrogens (tertiary/aromatic N) is 2. The zero-order valence-electron chi connectivity index (χ0n) is 31.1. The van der Waals surface area contributed by atoms with Crippen molar-refractivity contribution >= 4 is 65.0 Å². The van der Waals surface area contributed by atoms with E-state index in [-0.39, 0.29) is 5.41 Å². The van der Waals surface area contributed by atoms with E-state index < -0.39 is 0 Å². The molecule has 3 heterocycles. The molecule has 1 aliphatic carbocycles. The van der Waals surface area contributed by atoms with Crippen LogP contribution in [-0.4, -0.2) is 9.13 Å². The molecule has 3 heteroatoms. The maximum atomic E-state index is 2.46. The van der Waals surface area contributed by atoms with Crippen LogP contribution in [0.25, 0.3) is 97.8 Å². The van der Waals surface area contributed by atoms with Crippen molar-refractivity contribution in [2.24, 2.45) is 0 Å². The molecule has 0 fully saturated rings. The van der Waals surface area contributed by atoms with Gasteiger partial charge in [-0.15, -0.1) is 11.3 Å². The minimum Gasteiger partial charge on any atom is -0.309 e. The van der Waals surface area contributed by atoms with Crippen molar-refractivity contribution in [3.8, 4) is 44.1 Å². The highest BCUT2D eigenvalue weighted by molar-refractivity contribution is 7.22. The van der Waals surface area contributed by atoms with Gasteiger partial charge in [0.15, 0.2) is 0 Å². The van der Waals surface area contributed by atoms with E-state index in [2.05, 4.69) is 205 Å². The first-order chi connectivity index (χ1) is 27.5. The van der Waals surface area contributed by atoms with Gasteiger partial charge in [-0.25, -0.2) is 0 Å². The van der Waals surface area contributed by atoms with Crippen LogP contribution in [0.1, 0.15) is 25.0 Å². The minimum atomic E-state index is -0.0568. The van der Waals surface area contributed by atoms with Crippen LogP contribution in [0.15, 0.2) is 182 Å². The standard InChI is InChI=1S/C53H36N2S/c1-53(2)45-15-7-4-12-39(45)40-26-25-38(32-46(40)53)55-48-17-9-6-14-42(48)44-30-35(22-28-50(44)55)34-21-27-49-43(29-34)41-13-5-8-16-47(41)54(49)37-23-19-33(20-24-37)52-31-36-11-3-10-18-51(36)56-52/h3-32H,1-2H3. The van der Waals surface area contributed by atoms with E-state index in [1.54, 1.807) is 0 Å². The lowest BCUT2D eigenvalue weighted by molar-refractivity contribution is 0.660. The first kappa shape index (κ1) is 31.6. The zero-order valence-corrected chi connectivity index (χ0v) is 31.9. The second kappa shape index (κ2) is 11.7. The number of aromatic nitrogens is 2. The molecule has 0 bridgehead atoms. The Morgan fingerprint density at radius 1 is 0.393 bits per heavy atom. The largest absolute Gasteiger partial charge is 0.309 e. The average molecular weight is 733 g/mol. The molecule has 0 saturated carbocycles. The highest BCUT2D eigenvalue weighted by Gasteiger charge is 2.35. The van der Waals surface area contributed by atoms with E-state index in [0.29, 0.717) is 0 Å². The summed E-state index contributed by atoms with van der Waals surface area (Å²) < 4.78 is 6.19. The molecule has 0 unspecified atom stereocenters. The third-order valence-corrected chi connectivity index (χ3v) is 13.5. The predicted molar refractivity (Wildman–Crippen MR) is 239 cm³/mol. The first-order valence-electron chi connectivity index (χ1n) is 19.4. The van der Waals surface area contributed by atoms with Crippen LogP contribution in [0, 0.1) is 0 Å². The van der Waals surface area contributed by atoms with Crippen LogP contribution in [-0.2, 0) is 5.41 Å². The van der Waals surface area contributed by atoms with Gasteiger partial charge >= 0.3 is 0 Å². The van der Waals surface area contributed by atoms with Gasteiger partial charge in [0.05, 0.1) is 22.1 Å². The molecule has 11 aromatic rings. The van der Waals surface area contributed by atoms with E-state index >= 15 is 0 Å². The Hall–Kier alpha value is -6.68.